The summed E-state index contributed by atoms with van der Waals surface area (Å²) in [5.74, 6) is -1.74. The molecule has 4 N–H and O–H groups in total. The molecule has 1 saturated heterocycles. The number of para-hydroxylation sites is 1. The van der Waals surface area contributed by atoms with Crippen LogP contribution in [0.3, 0.4) is 0 Å². The summed E-state index contributed by atoms with van der Waals surface area (Å²) in [5.41, 5.74) is 8.56. The number of carbonyl (C=O) groups is 3. The van der Waals surface area contributed by atoms with E-state index in [0.29, 0.717) is 31.2 Å². The minimum absolute atomic E-state index is 0.0228. The molecule has 2 aromatic heterocycles. The summed E-state index contributed by atoms with van der Waals surface area (Å²) < 4.78 is 36.1. The smallest absolute Gasteiger partial charge is 0.297 e. The second-order valence-corrected chi connectivity index (χ2v) is 19.1. The predicted octanol–water partition coefficient (Wildman–Crippen LogP) is 4.93. The number of imidazole rings is 1. The van der Waals surface area contributed by atoms with E-state index in [1.54, 1.807) is 18.3 Å². The lowest BCUT2D eigenvalue weighted by Gasteiger charge is -2.28. The molecule has 3 fully saturated rings. The number of ether oxygens (including phenoxy) is 1. The van der Waals surface area contributed by atoms with Crippen molar-refractivity contribution in [1.82, 2.24) is 29.5 Å². The first-order valence-corrected chi connectivity index (χ1v) is 21.3. The molecule has 7 rings (SSSR count). The fourth-order valence-electron chi connectivity index (χ4n) is 7.52. The number of nitrogens with one attached hydrogen (secondary N) is 2. The van der Waals surface area contributed by atoms with Gasteiger partial charge in [-0.15, -0.1) is 11.3 Å². The van der Waals surface area contributed by atoms with E-state index in [-0.39, 0.29) is 37.3 Å². The van der Waals surface area contributed by atoms with Crippen LogP contribution in [0, 0.1) is 5.92 Å². The number of fused-ring (bicyclic) bond motifs is 3. The first-order chi connectivity index (χ1) is 25.1. The Labute approximate surface area is 315 Å². The van der Waals surface area contributed by atoms with Gasteiger partial charge in [-0.2, -0.15) is 4.98 Å². The Bertz CT molecular complexity index is 2050. The summed E-state index contributed by atoms with van der Waals surface area (Å²) in [6.45, 7) is 10.0. The average Bonchev–Trinajstić information content (AvgIpc) is 3.77. The Kier molecular flexibility index (Phi) is 9.98. The van der Waals surface area contributed by atoms with Gasteiger partial charge in [-0.3, -0.25) is 23.7 Å². The van der Waals surface area contributed by atoms with Crippen LogP contribution in [-0.2, 0) is 24.4 Å². The van der Waals surface area contributed by atoms with Crippen LogP contribution in [-0.4, -0.2) is 80.6 Å². The molecule has 2 aliphatic carbocycles. The first-order valence-electron chi connectivity index (χ1n) is 18.9. The number of sulfonamides is 1. The van der Waals surface area contributed by atoms with Crippen LogP contribution in [0.4, 0.5) is 0 Å². The number of benzene rings is 1. The van der Waals surface area contributed by atoms with E-state index in [9.17, 15) is 22.8 Å². The van der Waals surface area contributed by atoms with E-state index in [4.69, 9.17) is 20.4 Å². The molecule has 0 unspecified atom stereocenters. The van der Waals surface area contributed by atoms with Crippen LogP contribution in [0.5, 0.6) is 6.01 Å². The zero-order valence-electron chi connectivity index (χ0n) is 31.1. The summed E-state index contributed by atoms with van der Waals surface area (Å²) in [6.07, 6.45) is 8.36. The predicted molar refractivity (Wildman–Crippen MR) is 204 cm³/mol. The van der Waals surface area contributed by atoms with Gasteiger partial charge in [0.15, 0.2) is 0 Å². The highest BCUT2D eigenvalue weighted by atomic mass is 32.2. The number of amides is 3. The van der Waals surface area contributed by atoms with Gasteiger partial charge in [-0.05, 0) is 77.3 Å². The molecule has 53 heavy (non-hydrogen) atoms. The van der Waals surface area contributed by atoms with E-state index >= 15 is 0 Å². The van der Waals surface area contributed by atoms with Crippen molar-refractivity contribution in [2.45, 2.75) is 133 Å². The molecule has 4 heterocycles. The summed E-state index contributed by atoms with van der Waals surface area (Å²) in [7, 11) is -3.94. The van der Waals surface area contributed by atoms with Crippen molar-refractivity contribution >= 4 is 50.1 Å². The number of allylic oxidation sites excluding steroid dienone is 1. The second-order valence-electron chi connectivity index (χ2n) is 16.1. The van der Waals surface area contributed by atoms with Crippen molar-refractivity contribution in [3.05, 3.63) is 41.4 Å². The SMILES string of the molecule is CC(C)c1csc(-c2cccc3c2nc(O[C@@H]2C[C@H]4C(=O)N[C@]5(C(=O)NS(=O)(=O)C6(C)CC6)C[C@H]5C=CCCCCC[C@H](N)C(=O)N4C2)n3C(C)C)n1. The van der Waals surface area contributed by atoms with Crippen LogP contribution in [0.2, 0.25) is 0 Å². The highest BCUT2D eigenvalue weighted by molar-refractivity contribution is 7.91. The van der Waals surface area contributed by atoms with Gasteiger partial charge in [0.05, 0.1) is 28.5 Å². The van der Waals surface area contributed by atoms with Gasteiger partial charge in [-0.1, -0.05) is 44.9 Å². The van der Waals surface area contributed by atoms with Gasteiger partial charge in [0.25, 0.3) is 11.9 Å². The molecule has 286 valence electrons. The summed E-state index contributed by atoms with van der Waals surface area (Å²) in [6, 6.07) is 4.54. The molecule has 1 aromatic carbocycles. The van der Waals surface area contributed by atoms with E-state index in [2.05, 4.69) is 29.3 Å². The Hall–Kier alpha value is -3.82. The third-order valence-electron chi connectivity index (χ3n) is 11.3. The Morgan fingerprint density at radius 2 is 1.91 bits per heavy atom. The van der Waals surface area contributed by atoms with Crippen LogP contribution < -0.4 is 20.5 Å². The summed E-state index contributed by atoms with van der Waals surface area (Å²) in [4.78, 5) is 53.4. The van der Waals surface area contributed by atoms with E-state index in [1.165, 1.54) is 4.90 Å². The molecule has 2 aliphatic heterocycles. The van der Waals surface area contributed by atoms with Gasteiger partial charge in [0.2, 0.25) is 21.8 Å². The molecular weight excluding hydrogens is 715 g/mol. The van der Waals surface area contributed by atoms with Gasteiger partial charge < -0.3 is 20.7 Å². The number of aromatic nitrogens is 3. The molecule has 2 saturated carbocycles. The van der Waals surface area contributed by atoms with Gasteiger partial charge in [-0.25, -0.2) is 13.4 Å². The monoisotopic (exact) mass is 765 g/mol. The lowest BCUT2D eigenvalue weighted by atomic mass is 10.1. The minimum Gasteiger partial charge on any atom is -0.459 e. The summed E-state index contributed by atoms with van der Waals surface area (Å²) >= 11 is 1.57. The zero-order chi connectivity index (χ0) is 37.9. The third kappa shape index (κ3) is 7.11. The second kappa shape index (κ2) is 14.1. The highest BCUT2D eigenvalue weighted by Gasteiger charge is 2.63. The Morgan fingerprint density at radius 3 is 2.60 bits per heavy atom. The fourth-order valence-corrected chi connectivity index (χ4v) is 9.83. The molecular formula is C38H51N7O6S2. The van der Waals surface area contributed by atoms with Crippen molar-refractivity contribution in [2.24, 2.45) is 11.7 Å². The van der Waals surface area contributed by atoms with Crippen LogP contribution in [0.25, 0.3) is 21.6 Å². The van der Waals surface area contributed by atoms with Crippen molar-refractivity contribution < 1.29 is 27.5 Å². The summed E-state index contributed by atoms with van der Waals surface area (Å²) in [5, 5.41) is 5.86. The highest BCUT2D eigenvalue weighted by Crippen LogP contribution is 2.47. The molecule has 3 amide bonds. The molecule has 0 bridgehead atoms. The normalized spacial score (nSPS) is 27.6. The number of hydrogen-bond acceptors (Lipinski definition) is 10. The van der Waals surface area contributed by atoms with Gasteiger partial charge in [0.1, 0.15) is 28.2 Å². The lowest BCUT2D eigenvalue weighted by Crippen LogP contribution is -2.58. The van der Waals surface area contributed by atoms with Crippen molar-refractivity contribution in [2.75, 3.05) is 6.54 Å². The number of nitrogens with two attached hydrogens (primary N) is 1. The van der Waals surface area contributed by atoms with Crippen molar-refractivity contribution in [3.8, 4) is 16.6 Å². The van der Waals surface area contributed by atoms with Gasteiger partial charge in [0, 0.05) is 29.3 Å². The molecule has 3 aromatic rings. The maximum atomic E-state index is 14.3. The maximum Gasteiger partial charge on any atom is 0.297 e. The molecule has 0 spiro atoms. The molecule has 15 heteroatoms. The number of hydrogen-bond donors (Lipinski definition) is 3. The lowest BCUT2D eigenvalue weighted by molar-refractivity contribution is -0.140. The Morgan fingerprint density at radius 1 is 1.13 bits per heavy atom. The molecule has 0 radical (unpaired) electrons. The molecule has 5 atom stereocenters. The van der Waals surface area contributed by atoms with Gasteiger partial charge >= 0.3 is 0 Å². The quantitative estimate of drug-likeness (QED) is 0.268. The average molecular weight is 766 g/mol. The van der Waals surface area contributed by atoms with Crippen LogP contribution in [0.15, 0.2) is 35.7 Å². The fraction of sp³-hybridized carbons (Fsp3) is 0.605. The van der Waals surface area contributed by atoms with E-state index < -0.39 is 50.3 Å². The van der Waals surface area contributed by atoms with E-state index in [1.807, 2.05) is 48.8 Å². The number of rotatable bonds is 8. The standard InChI is InChI=1S/C38H51N7O6S2/c1-22(2)28-21-52-33(40-28)26-13-11-15-29-31(26)41-36(45(29)23(3)4)51-25-18-30-32(46)42-38(35(48)43-53(49,50)37(5)16-17-37)19-24(38)12-9-7-6-8-10-14-27(39)34(47)44(30)20-25/h9,11-13,15,21-25,27,30H,6-8,10,14,16-20,39H2,1-5H3,(H,42,46)(H,43,48)/t24-,25-,27+,30+,38-/m1/s1. The van der Waals surface area contributed by atoms with Crippen LogP contribution >= 0.6 is 11.3 Å². The number of nitrogens with zero attached hydrogens (tertiary/aromatic N) is 4. The Balaban J connectivity index is 1.19. The van der Waals surface area contributed by atoms with Crippen molar-refractivity contribution in [1.29, 1.82) is 0 Å². The molecule has 13 nitrogen and oxygen atoms in total. The number of thiazole rings is 1. The minimum atomic E-state index is -3.94. The van der Waals surface area contributed by atoms with E-state index in [0.717, 1.165) is 53.0 Å². The molecule has 4 aliphatic rings. The van der Waals surface area contributed by atoms with Crippen LogP contribution in [0.1, 0.15) is 110 Å². The number of carbonyl (C=O) groups excluding carboxylic acids is 3. The largest absolute Gasteiger partial charge is 0.459 e. The van der Waals surface area contributed by atoms with Crippen molar-refractivity contribution in [3.63, 3.8) is 0 Å². The third-order valence-corrected chi connectivity index (χ3v) is 14.4. The first kappa shape index (κ1) is 37.5. The maximum absolute atomic E-state index is 14.3. The zero-order valence-corrected chi connectivity index (χ0v) is 32.8. The topological polar surface area (TPSA) is 179 Å².